The molecule has 5 heteroatoms. The minimum absolute atomic E-state index is 0.377. The van der Waals surface area contributed by atoms with Crippen molar-refractivity contribution in [3.05, 3.63) is 47.8 Å². The number of carbonyl (C=O) groups is 2. The van der Waals surface area contributed by atoms with Crippen molar-refractivity contribution in [1.29, 1.82) is 0 Å². The van der Waals surface area contributed by atoms with Crippen molar-refractivity contribution in [1.82, 2.24) is 9.78 Å². The fourth-order valence-corrected chi connectivity index (χ4v) is 2.25. The number of hydrogen-bond donors (Lipinski definition) is 0. The third kappa shape index (κ3) is 1.83. The van der Waals surface area contributed by atoms with Gasteiger partial charge >= 0.3 is 0 Å². The quantitative estimate of drug-likeness (QED) is 0.783. The molecule has 19 heavy (non-hydrogen) atoms. The van der Waals surface area contributed by atoms with Crippen LogP contribution in [0.15, 0.2) is 36.7 Å². The van der Waals surface area contributed by atoms with Crippen LogP contribution in [0.4, 0.5) is 5.69 Å². The van der Waals surface area contributed by atoms with Crippen LogP contribution in [0.3, 0.4) is 0 Å². The Bertz CT molecular complexity index is 660. The molecular weight excluding hydrogens is 242 g/mol. The lowest BCUT2D eigenvalue weighted by Gasteiger charge is -2.14. The Morgan fingerprint density at radius 2 is 2.00 bits per heavy atom. The average Bonchev–Trinajstić information content (AvgIpc) is 2.99. The second kappa shape index (κ2) is 4.35. The minimum atomic E-state index is -0.467. The normalized spacial score (nSPS) is 14.1. The molecule has 0 bridgehead atoms. The summed E-state index contributed by atoms with van der Waals surface area (Å²) in [4.78, 5) is 25.3. The predicted molar refractivity (Wildman–Crippen MR) is 69.9 cm³/mol. The van der Waals surface area contributed by atoms with Crippen LogP contribution < -0.4 is 4.90 Å². The number of amides is 1. The van der Waals surface area contributed by atoms with Crippen molar-refractivity contribution < 1.29 is 9.59 Å². The summed E-state index contributed by atoms with van der Waals surface area (Å²) in [6.07, 6.45) is 3.61. The molecule has 96 valence electrons. The fourth-order valence-electron chi connectivity index (χ4n) is 2.25. The summed E-state index contributed by atoms with van der Waals surface area (Å²) in [6, 6.07) is 7.07. The molecule has 0 radical (unpaired) electrons. The zero-order valence-corrected chi connectivity index (χ0v) is 10.5. The van der Waals surface area contributed by atoms with Crippen LogP contribution in [-0.4, -0.2) is 21.5 Å². The van der Waals surface area contributed by atoms with Crippen LogP contribution in [0.2, 0.25) is 0 Å². The van der Waals surface area contributed by atoms with Gasteiger partial charge in [-0.05, 0) is 19.1 Å². The summed E-state index contributed by atoms with van der Waals surface area (Å²) in [7, 11) is 0. The van der Waals surface area contributed by atoms with E-state index in [-0.39, 0.29) is 0 Å². The molecule has 2 heterocycles. The first kappa shape index (κ1) is 11.6. The van der Waals surface area contributed by atoms with Gasteiger partial charge in [0.2, 0.25) is 0 Å². The van der Waals surface area contributed by atoms with E-state index in [4.69, 9.17) is 0 Å². The van der Waals surface area contributed by atoms with Gasteiger partial charge in [-0.25, -0.2) is 0 Å². The Morgan fingerprint density at radius 3 is 2.74 bits per heavy atom. The lowest BCUT2D eigenvalue weighted by molar-refractivity contribution is -0.114. The van der Waals surface area contributed by atoms with Gasteiger partial charge < -0.3 is 4.90 Å². The number of Topliss-reactive ketones (excluding diaryl/α,β-unsaturated/α-hetero) is 1. The first-order valence-electron chi connectivity index (χ1n) is 6.17. The number of nitrogens with zero attached hydrogens (tertiary/aromatic N) is 3. The Labute approximate surface area is 110 Å². The third-order valence-electron chi connectivity index (χ3n) is 3.23. The molecule has 0 spiro atoms. The summed E-state index contributed by atoms with van der Waals surface area (Å²) >= 11 is 0. The van der Waals surface area contributed by atoms with Crippen LogP contribution in [0, 0.1) is 0 Å². The number of aromatic nitrogens is 2. The molecule has 1 aliphatic rings. The molecule has 3 rings (SSSR count). The second-order valence-corrected chi connectivity index (χ2v) is 4.44. The van der Waals surface area contributed by atoms with Gasteiger partial charge in [0.25, 0.3) is 11.7 Å². The SMILES string of the molecule is CCn1cc(CN2C(=O)C(=O)c3ccccc32)cn1. The highest BCUT2D eigenvalue weighted by molar-refractivity contribution is 6.52. The Morgan fingerprint density at radius 1 is 1.21 bits per heavy atom. The maximum absolute atomic E-state index is 12.0. The van der Waals surface area contributed by atoms with Gasteiger partial charge in [0.15, 0.2) is 0 Å². The minimum Gasteiger partial charge on any atom is -0.300 e. The summed E-state index contributed by atoms with van der Waals surface area (Å²) in [6.45, 7) is 3.15. The summed E-state index contributed by atoms with van der Waals surface area (Å²) in [5.41, 5.74) is 2.08. The monoisotopic (exact) mass is 255 g/mol. The van der Waals surface area contributed by atoms with E-state index in [1.165, 1.54) is 4.90 Å². The van der Waals surface area contributed by atoms with Crippen LogP contribution in [0.1, 0.15) is 22.8 Å². The second-order valence-electron chi connectivity index (χ2n) is 4.44. The Hall–Kier alpha value is -2.43. The molecule has 0 atom stereocenters. The van der Waals surface area contributed by atoms with Gasteiger partial charge in [-0.1, -0.05) is 12.1 Å². The maximum atomic E-state index is 12.0. The van der Waals surface area contributed by atoms with E-state index in [9.17, 15) is 9.59 Å². The number of hydrogen-bond acceptors (Lipinski definition) is 3. The lowest BCUT2D eigenvalue weighted by Crippen LogP contribution is -2.28. The third-order valence-corrected chi connectivity index (χ3v) is 3.23. The number of aryl methyl sites for hydroxylation is 1. The zero-order chi connectivity index (χ0) is 13.4. The van der Waals surface area contributed by atoms with E-state index in [1.807, 2.05) is 19.2 Å². The molecule has 2 aromatic rings. The van der Waals surface area contributed by atoms with Crippen LogP contribution in [0.25, 0.3) is 0 Å². The van der Waals surface area contributed by atoms with E-state index in [2.05, 4.69) is 5.10 Å². The van der Waals surface area contributed by atoms with E-state index in [0.717, 1.165) is 12.1 Å². The molecule has 1 amide bonds. The molecule has 0 saturated carbocycles. The summed E-state index contributed by atoms with van der Waals surface area (Å²) < 4.78 is 1.80. The van der Waals surface area contributed by atoms with Crippen molar-refractivity contribution in [2.45, 2.75) is 20.0 Å². The van der Waals surface area contributed by atoms with E-state index >= 15 is 0 Å². The van der Waals surface area contributed by atoms with Crippen LogP contribution >= 0.6 is 0 Å². The van der Waals surface area contributed by atoms with Crippen molar-refractivity contribution in [2.75, 3.05) is 4.90 Å². The molecule has 0 N–H and O–H groups in total. The topological polar surface area (TPSA) is 55.2 Å². The molecule has 0 saturated heterocycles. The zero-order valence-electron chi connectivity index (χ0n) is 10.5. The standard InChI is InChI=1S/C14H13N3O2/c1-2-16-8-10(7-15-16)9-17-12-6-4-3-5-11(12)13(18)14(17)19/h3-8H,2,9H2,1H3. The highest BCUT2D eigenvalue weighted by Gasteiger charge is 2.35. The van der Waals surface area contributed by atoms with E-state index < -0.39 is 11.7 Å². The van der Waals surface area contributed by atoms with Crippen molar-refractivity contribution in [3.63, 3.8) is 0 Å². The highest BCUT2D eigenvalue weighted by atomic mass is 16.2. The number of benzene rings is 1. The Kier molecular flexibility index (Phi) is 2.67. The molecule has 1 aliphatic heterocycles. The molecule has 0 unspecified atom stereocenters. The van der Waals surface area contributed by atoms with Crippen LogP contribution in [-0.2, 0) is 17.9 Å². The van der Waals surface area contributed by atoms with Gasteiger partial charge in [0.05, 0.1) is 24.0 Å². The smallest absolute Gasteiger partial charge is 0.299 e. The maximum Gasteiger partial charge on any atom is 0.299 e. The molecule has 0 aliphatic carbocycles. The van der Waals surface area contributed by atoms with Gasteiger partial charge in [-0.15, -0.1) is 0 Å². The molecular formula is C14H13N3O2. The molecule has 0 fully saturated rings. The van der Waals surface area contributed by atoms with Crippen LogP contribution in [0.5, 0.6) is 0 Å². The molecule has 1 aromatic heterocycles. The molecule has 1 aromatic carbocycles. The lowest BCUT2D eigenvalue weighted by atomic mass is 10.1. The summed E-state index contributed by atoms with van der Waals surface area (Å²) in [5, 5.41) is 4.17. The first-order valence-corrected chi connectivity index (χ1v) is 6.17. The number of rotatable bonds is 3. The number of para-hydroxylation sites is 1. The first-order chi connectivity index (χ1) is 9.20. The average molecular weight is 255 g/mol. The van der Waals surface area contributed by atoms with Gasteiger partial charge in [0, 0.05) is 18.3 Å². The van der Waals surface area contributed by atoms with Gasteiger partial charge in [-0.3, -0.25) is 14.3 Å². The van der Waals surface area contributed by atoms with E-state index in [1.54, 1.807) is 29.1 Å². The number of fused-ring (bicyclic) bond motifs is 1. The van der Waals surface area contributed by atoms with Crippen molar-refractivity contribution >= 4 is 17.4 Å². The number of ketones is 1. The largest absolute Gasteiger partial charge is 0.300 e. The van der Waals surface area contributed by atoms with Crippen molar-refractivity contribution in [2.24, 2.45) is 0 Å². The summed E-state index contributed by atoms with van der Waals surface area (Å²) in [5.74, 6) is -0.899. The van der Waals surface area contributed by atoms with E-state index in [0.29, 0.717) is 17.8 Å². The number of carbonyl (C=O) groups excluding carboxylic acids is 2. The fraction of sp³-hybridized carbons (Fsp3) is 0.214. The van der Waals surface area contributed by atoms with Gasteiger partial charge in [-0.2, -0.15) is 5.10 Å². The van der Waals surface area contributed by atoms with Gasteiger partial charge in [0.1, 0.15) is 0 Å². The number of anilines is 1. The highest BCUT2D eigenvalue weighted by Crippen LogP contribution is 2.29. The van der Waals surface area contributed by atoms with Crippen molar-refractivity contribution in [3.8, 4) is 0 Å². The Balaban J connectivity index is 1.93. The molecule has 5 nitrogen and oxygen atoms in total. The predicted octanol–water partition coefficient (Wildman–Crippen LogP) is 1.63.